The van der Waals surface area contributed by atoms with Gasteiger partial charge in [0, 0.05) is 31.6 Å². The van der Waals surface area contributed by atoms with Gasteiger partial charge >= 0.3 is 0 Å². The molecule has 0 atom stereocenters. The van der Waals surface area contributed by atoms with Crippen LogP contribution >= 0.6 is 0 Å². The van der Waals surface area contributed by atoms with Gasteiger partial charge in [0.15, 0.2) is 11.3 Å². The summed E-state index contributed by atoms with van der Waals surface area (Å²) in [6.45, 7) is 1.12. The van der Waals surface area contributed by atoms with E-state index in [0.29, 0.717) is 29.8 Å². The number of hydrogen-bond donors (Lipinski definition) is 0. The average molecular weight is 375 g/mol. The quantitative estimate of drug-likeness (QED) is 0.689. The van der Waals surface area contributed by atoms with E-state index >= 15 is 0 Å². The maximum absolute atomic E-state index is 12.7. The van der Waals surface area contributed by atoms with E-state index in [1.807, 2.05) is 6.07 Å². The van der Waals surface area contributed by atoms with Gasteiger partial charge in [-0.15, -0.1) is 0 Å². The number of furan rings is 1. The Morgan fingerprint density at radius 1 is 1.08 bits per heavy atom. The maximum atomic E-state index is 12.7. The highest BCUT2D eigenvalue weighted by Gasteiger charge is 2.31. The second kappa shape index (κ2) is 6.58. The molecule has 0 radical (unpaired) electrons. The smallest absolute Gasteiger partial charge is 0.289 e. The van der Waals surface area contributed by atoms with Crippen LogP contribution in [0.1, 0.15) is 16.2 Å². The van der Waals surface area contributed by atoms with E-state index in [4.69, 9.17) is 8.94 Å². The first-order valence-electron chi connectivity index (χ1n) is 8.18. The lowest BCUT2D eigenvalue weighted by Crippen LogP contribution is -2.50. The molecular formula is C17H17N3O5S. The van der Waals surface area contributed by atoms with Crippen LogP contribution in [-0.4, -0.2) is 54.9 Å². The highest BCUT2D eigenvalue weighted by atomic mass is 32.2. The average Bonchev–Trinajstić information content (AvgIpc) is 3.32. The van der Waals surface area contributed by atoms with Crippen molar-refractivity contribution in [1.29, 1.82) is 0 Å². The number of aromatic nitrogens is 1. The molecule has 3 aromatic rings. The number of nitrogens with zero attached hydrogens (tertiary/aromatic N) is 3. The van der Waals surface area contributed by atoms with E-state index in [-0.39, 0.29) is 30.5 Å². The van der Waals surface area contributed by atoms with Crippen LogP contribution in [0.2, 0.25) is 0 Å². The Balaban J connectivity index is 1.44. The largest absolute Gasteiger partial charge is 0.459 e. The Labute approximate surface area is 150 Å². The topological polar surface area (TPSA) is 96.9 Å². The number of piperazine rings is 1. The number of sulfonamides is 1. The summed E-state index contributed by atoms with van der Waals surface area (Å²) >= 11 is 0. The van der Waals surface area contributed by atoms with Gasteiger partial charge in [0.05, 0.1) is 6.26 Å². The van der Waals surface area contributed by atoms with Crippen LogP contribution in [0.25, 0.3) is 11.0 Å². The van der Waals surface area contributed by atoms with Crippen LogP contribution in [0.4, 0.5) is 0 Å². The van der Waals surface area contributed by atoms with Crippen LogP contribution in [0.5, 0.6) is 0 Å². The Morgan fingerprint density at radius 3 is 2.58 bits per heavy atom. The lowest BCUT2D eigenvalue weighted by molar-refractivity contribution is 0.0666. The first-order chi connectivity index (χ1) is 12.5. The molecule has 1 aliphatic rings. The van der Waals surface area contributed by atoms with Gasteiger partial charge in [-0.25, -0.2) is 8.42 Å². The number of carbonyl (C=O) groups is 1. The van der Waals surface area contributed by atoms with Crippen LogP contribution in [0.3, 0.4) is 0 Å². The zero-order valence-corrected chi connectivity index (χ0v) is 14.7. The number of para-hydroxylation sites is 1. The Kier molecular flexibility index (Phi) is 4.25. The van der Waals surface area contributed by atoms with Gasteiger partial charge in [0.2, 0.25) is 10.0 Å². The predicted molar refractivity (Wildman–Crippen MR) is 92.8 cm³/mol. The number of rotatable bonds is 4. The molecule has 0 spiro atoms. The molecule has 1 amide bonds. The molecule has 1 aromatic carbocycles. The van der Waals surface area contributed by atoms with Crippen molar-refractivity contribution >= 4 is 26.9 Å². The van der Waals surface area contributed by atoms with E-state index in [1.165, 1.54) is 10.6 Å². The molecule has 0 unspecified atom stereocenters. The molecule has 1 fully saturated rings. The van der Waals surface area contributed by atoms with Gasteiger partial charge in [0.1, 0.15) is 11.4 Å². The second-order valence-corrected chi connectivity index (χ2v) is 8.02. The lowest BCUT2D eigenvalue weighted by atomic mass is 10.2. The molecule has 0 N–H and O–H groups in total. The molecule has 9 heteroatoms. The van der Waals surface area contributed by atoms with Crippen molar-refractivity contribution in [3.05, 3.63) is 54.1 Å². The van der Waals surface area contributed by atoms with E-state index in [1.54, 1.807) is 35.2 Å². The molecule has 0 aliphatic carbocycles. The van der Waals surface area contributed by atoms with E-state index < -0.39 is 10.0 Å². The Hall–Kier alpha value is -2.65. The standard InChI is InChI=1S/C17H17N3O5S/c21-17(16-6-3-11-24-16)19-7-9-20(10-8-19)26(22,23)12-14-13-4-1-2-5-15(13)25-18-14/h1-6,11H,7-10,12H2. The summed E-state index contributed by atoms with van der Waals surface area (Å²) in [6.07, 6.45) is 1.44. The molecule has 26 heavy (non-hydrogen) atoms. The number of fused-ring (bicyclic) bond motifs is 1. The second-order valence-electron chi connectivity index (χ2n) is 6.05. The number of amides is 1. The normalized spacial score (nSPS) is 16.2. The fraction of sp³-hybridized carbons (Fsp3) is 0.294. The van der Waals surface area contributed by atoms with Crippen molar-refractivity contribution in [2.24, 2.45) is 0 Å². The van der Waals surface area contributed by atoms with Gasteiger partial charge in [-0.05, 0) is 24.3 Å². The molecule has 2 aromatic heterocycles. The third-order valence-electron chi connectivity index (χ3n) is 4.42. The highest BCUT2D eigenvalue weighted by molar-refractivity contribution is 7.88. The van der Waals surface area contributed by atoms with Gasteiger partial charge < -0.3 is 13.8 Å². The third-order valence-corrected chi connectivity index (χ3v) is 6.21. The number of carbonyl (C=O) groups excluding carboxylic acids is 1. The summed E-state index contributed by atoms with van der Waals surface area (Å²) in [5.74, 6) is -0.194. The van der Waals surface area contributed by atoms with Crippen molar-refractivity contribution in [2.75, 3.05) is 26.2 Å². The first-order valence-corrected chi connectivity index (χ1v) is 9.79. The van der Waals surface area contributed by atoms with Crippen molar-refractivity contribution in [3.8, 4) is 0 Å². The fourth-order valence-corrected chi connectivity index (χ4v) is 4.49. The van der Waals surface area contributed by atoms with Gasteiger partial charge in [0.25, 0.3) is 5.91 Å². The summed E-state index contributed by atoms with van der Waals surface area (Å²) < 4.78 is 37.1. The Morgan fingerprint density at radius 2 is 1.85 bits per heavy atom. The lowest BCUT2D eigenvalue weighted by Gasteiger charge is -2.33. The summed E-state index contributed by atoms with van der Waals surface area (Å²) in [5.41, 5.74) is 0.959. The van der Waals surface area contributed by atoms with Crippen molar-refractivity contribution < 1.29 is 22.2 Å². The summed E-state index contributed by atoms with van der Waals surface area (Å²) in [6, 6.07) is 10.4. The molecule has 3 heterocycles. The molecule has 0 saturated carbocycles. The summed E-state index contributed by atoms with van der Waals surface area (Å²) in [4.78, 5) is 13.9. The van der Waals surface area contributed by atoms with Crippen LogP contribution in [-0.2, 0) is 15.8 Å². The van der Waals surface area contributed by atoms with Crippen molar-refractivity contribution in [1.82, 2.24) is 14.4 Å². The molecule has 0 bridgehead atoms. The molecule has 4 rings (SSSR count). The predicted octanol–water partition coefficient (Wildman–Crippen LogP) is 1.71. The van der Waals surface area contributed by atoms with E-state index in [9.17, 15) is 13.2 Å². The van der Waals surface area contributed by atoms with Crippen LogP contribution in [0.15, 0.2) is 51.6 Å². The van der Waals surface area contributed by atoms with E-state index in [2.05, 4.69) is 5.16 Å². The molecule has 1 saturated heterocycles. The minimum atomic E-state index is -3.55. The zero-order valence-electron chi connectivity index (χ0n) is 13.9. The highest BCUT2D eigenvalue weighted by Crippen LogP contribution is 2.22. The van der Waals surface area contributed by atoms with Crippen molar-refractivity contribution in [2.45, 2.75) is 5.75 Å². The molecular weight excluding hydrogens is 358 g/mol. The van der Waals surface area contributed by atoms with E-state index in [0.717, 1.165) is 0 Å². The Bertz CT molecular complexity index is 1020. The summed E-state index contributed by atoms with van der Waals surface area (Å²) in [5, 5.41) is 4.59. The van der Waals surface area contributed by atoms with Crippen LogP contribution < -0.4 is 0 Å². The van der Waals surface area contributed by atoms with Crippen LogP contribution in [0, 0.1) is 0 Å². The maximum Gasteiger partial charge on any atom is 0.289 e. The zero-order chi connectivity index (χ0) is 18.1. The first kappa shape index (κ1) is 16.8. The minimum Gasteiger partial charge on any atom is -0.459 e. The van der Waals surface area contributed by atoms with Crippen molar-refractivity contribution in [3.63, 3.8) is 0 Å². The monoisotopic (exact) mass is 375 g/mol. The minimum absolute atomic E-state index is 0.226. The molecule has 136 valence electrons. The van der Waals surface area contributed by atoms with Gasteiger partial charge in [-0.1, -0.05) is 17.3 Å². The van der Waals surface area contributed by atoms with Gasteiger partial charge in [-0.2, -0.15) is 4.31 Å². The molecule has 8 nitrogen and oxygen atoms in total. The number of hydrogen-bond acceptors (Lipinski definition) is 6. The molecule has 1 aliphatic heterocycles. The number of benzene rings is 1. The fourth-order valence-electron chi connectivity index (χ4n) is 3.03. The SMILES string of the molecule is O=C(c1ccco1)N1CCN(S(=O)(=O)Cc2noc3ccccc23)CC1. The third kappa shape index (κ3) is 3.11. The van der Waals surface area contributed by atoms with Gasteiger partial charge in [-0.3, -0.25) is 4.79 Å². The summed E-state index contributed by atoms with van der Waals surface area (Å²) in [7, 11) is -3.55.